The molecule has 0 aliphatic carbocycles. The Balaban J connectivity index is 1.79. The fourth-order valence-corrected chi connectivity index (χ4v) is 2.01. The van der Waals surface area contributed by atoms with Gasteiger partial charge < -0.3 is 19.3 Å². The molecule has 0 aromatic heterocycles. The number of benzene rings is 2. The Hall–Kier alpha value is -3.68. The number of esters is 3. The number of rotatable bonds is 7. The van der Waals surface area contributed by atoms with Crippen molar-refractivity contribution >= 4 is 23.9 Å². The first-order chi connectivity index (χ1) is 12.9. The summed E-state index contributed by atoms with van der Waals surface area (Å²) in [4.78, 5) is 45.6. The van der Waals surface area contributed by atoms with Crippen molar-refractivity contribution in [2.75, 3.05) is 7.11 Å². The summed E-state index contributed by atoms with van der Waals surface area (Å²) in [5.74, 6) is -2.49. The zero-order chi connectivity index (χ0) is 19.8. The lowest BCUT2D eigenvalue weighted by Crippen LogP contribution is -2.14. The molecule has 0 spiro atoms. The zero-order valence-electron chi connectivity index (χ0n) is 14.3. The van der Waals surface area contributed by atoms with Gasteiger partial charge in [0.1, 0.15) is 11.5 Å². The predicted octanol–water partition coefficient (Wildman–Crippen LogP) is 2.46. The maximum absolute atomic E-state index is 11.8. The van der Waals surface area contributed by atoms with Crippen LogP contribution in [0.4, 0.5) is 0 Å². The molecular formula is C19H16O8. The summed E-state index contributed by atoms with van der Waals surface area (Å²) in [7, 11) is 1.26. The molecule has 8 heteroatoms. The summed E-state index contributed by atoms with van der Waals surface area (Å²) in [5.41, 5.74) is 0.381. The van der Waals surface area contributed by atoms with Gasteiger partial charge in [0.15, 0.2) is 0 Å². The summed E-state index contributed by atoms with van der Waals surface area (Å²) >= 11 is 0. The fraction of sp³-hybridized carbons (Fsp3) is 0.158. The molecule has 0 saturated carbocycles. The van der Waals surface area contributed by atoms with Crippen LogP contribution in [0.5, 0.6) is 11.5 Å². The molecule has 0 unspecified atom stereocenters. The number of methoxy groups -OCH3 is 1. The van der Waals surface area contributed by atoms with E-state index in [2.05, 4.69) is 4.74 Å². The van der Waals surface area contributed by atoms with E-state index in [4.69, 9.17) is 14.6 Å². The van der Waals surface area contributed by atoms with Gasteiger partial charge in [0.25, 0.3) is 0 Å². The SMILES string of the molecule is COC(=O)c1ccc(OC(=O)CCC(=O)Oc2ccc(C(=O)O)cc2)cc1. The van der Waals surface area contributed by atoms with Crippen LogP contribution in [0.2, 0.25) is 0 Å². The third kappa shape index (κ3) is 5.96. The molecular weight excluding hydrogens is 356 g/mol. The number of aromatic carboxylic acids is 1. The van der Waals surface area contributed by atoms with Crippen LogP contribution in [0, 0.1) is 0 Å². The maximum atomic E-state index is 11.8. The van der Waals surface area contributed by atoms with Crippen molar-refractivity contribution in [2.24, 2.45) is 0 Å². The first kappa shape index (κ1) is 19.6. The summed E-state index contributed by atoms with van der Waals surface area (Å²) in [6, 6.07) is 11.1. The van der Waals surface area contributed by atoms with E-state index >= 15 is 0 Å². The lowest BCUT2D eigenvalue weighted by atomic mass is 10.2. The van der Waals surface area contributed by atoms with Crippen molar-refractivity contribution in [1.29, 1.82) is 0 Å². The quantitative estimate of drug-likeness (QED) is 0.582. The minimum Gasteiger partial charge on any atom is -0.478 e. The highest BCUT2D eigenvalue weighted by Gasteiger charge is 2.12. The number of carbonyl (C=O) groups is 4. The van der Waals surface area contributed by atoms with Gasteiger partial charge in [0, 0.05) is 0 Å². The van der Waals surface area contributed by atoms with Crippen LogP contribution in [0.15, 0.2) is 48.5 Å². The highest BCUT2D eigenvalue weighted by atomic mass is 16.5. The molecule has 8 nitrogen and oxygen atoms in total. The molecule has 0 saturated heterocycles. The smallest absolute Gasteiger partial charge is 0.337 e. The van der Waals surface area contributed by atoms with Gasteiger partial charge in [-0.15, -0.1) is 0 Å². The lowest BCUT2D eigenvalue weighted by Gasteiger charge is -2.06. The molecule has 27 heavy (non-hydrogen) atoms. The summed E-state index contributed by atoms with van der Waals surface area (Å²) in [5, 5.41) is 8.80. The van der Waals surface area contributed by atoms with E-state index < -0.39 is 23.9 Å². The Morgan fingerprint density at radius 3 is 1.52 bits per heavy atom. The second-order valence-corrected chi connectivity index (χ2v) is 5.29. The molecule has 0 fully saturated rings. The van der Waals surface area contributed by atoms with Gasteiger partial charge in [0.05, 0.1) is 31.1 Å². The van der Waals surface area contributed by atoms with Crippen LogP contribution in [0.25, 0.3) is 0 Å². The maximum Gasteiger partial charge on any atom is 0.337 e. The van der Waals surface area contributed by atoms with E-state index in [0.29, 0.717) is 5.56 Å². The third-order valence-electron chi connectivity index (χ3n) is 3.37. The van der Waals surface area contributed by atoms with Crippen LogP contribution in [0.1, 0.15) is 33.6 Å². The molecule has 2 aromatic rings. The number of carboxylic acid groups (broad SMARTS) is 1. The molecule has 0 aliphatic heterocycles. The van der Waals surface area contributed by atoms with Gasteiger partial charge in [-0.05, 0) is 48.5 Å². The van der Waals surface area contributed by atoms with Crippen molar-refractivity contribution in [2.45, 2.75) is 12.8 Å². The minimum absolute atomic E-state index is 0.0663. The molecule has 140 valence electrons. The van der Waals surface area contributed by atoms with E-state index in [-0.39, 0.29) is 29.9 Å². The highest BCUT2D eigenvalue weighted by molar-refractivity contribution is 5.89. The number of carbonyl (C=O) groups excluding carboxylic acids is 3. The van der Waals surface area contributed by atoms with Crippen molar-refractivity contribution in [1.82, 2.24) is 0 Å². The molecule has 0 atom stereocenters. The van der Waals surface area contributed by atoms with E-state index in [0.717, 1.165) is 0 Å². The molecule has 0 heterocycles. The van der Waals surface area contributed by atoms with Crippen LogP contribution in [-0.2, 0) is 14.3 Å². The summed E-state index contributed by atoms with van der Waals surface area (Å²) in [6.07, 6.45) is -0.412. The Kier molecular flexibility index (Phi) is 6.65. The molecule has 0 aliphatic rings. The van der Waals surface area contributed by atoms with Gasteiger partial charge in [0.2, 0.25) is 0 Å². The molecule has 0 radical (unpaired) electrons. The van der Waals surface area contributed by atoms with Crippen LogP contribution in [0.3, 0.4) is 0 Å². The van der Waals surface area contributed by atoms with Crippen molar-refractivity contribution in [3.8, 4) is 11.5 Å². The number of hydrogen-bond acceptors (Lipinski definition) is 7. The van der Waals surface area contributed by atoms with E-state index in [1.807, 2.05) is 0 Å². The van der Waals surface area contributed by atoms with Gasteiger partial charge in [-0.3, -0.25) is 9.59 Å². The van der Waals surface area contributed by atoms with E-state index in [1.165, 1.54) is 55.6 Å². The highest BCUT2D eigenvalue weighted by Crippen LogP contribution is 2.15. The standard InChI is InChI=1S/C19H16O8/c1-25-19(24)13-4-8-15(9-5-13)27-17(21)11-10-16(20)26-14-6-2-12(3-7-14)18(22)23/h2-9H,10-11H2,1H3,(H,22,23). The van der Waals surface area contributed by atoms with E-state index in [9.17, 15) is 19.2 Å². The number of carboxylic acids is 1. The first-order valence-corrected chi connectivity index (χ1v) is 7.82. The number of ether oxygens (including phenoxy) is 3. The normalized spacial score (nSPS) is 9.96. The van der Waals surface area contributed by atoms with Crippen molar-refractivity contribution in [3.05, 3.63) is 59.7 Å². The van der Waals surface area contributed by atoms with Gasteiger partial charge in [-0.25, -0.2) is 9.59 Å². The largest absolute Gasteiger partial charge is 0.478 e. The Labute approximate surface area is 154 Å². The second kappa shape index (κ2) is 9.14. The van der Waals surface area contributed by atoms with Crippen molar-refractivity contribution in [3.63, 3.8) is 0 Å². The Morgan fingerprint density at radius 2 is 1.15 bits per heavy atom. The minimum atomic E-state index is -1.09. The average Bonchev–Trinajstić information content (AvgIpc) is 2.67. The molecule has 2 rings (SSSR count). The summed E-state index contributed by atoms with van der Waals surface area (Å²) in [6.45, 7) is 0. The Morgan fingerprint density at radius 1 is 0.741 bits per heavy atom. The van der Waals surface area contributed by atoms with Crippen LogP contribution >= 0.6 is 0 Å². The summed E-state index contributed by atoms with van der Waals surface area (Å²) < 4.78 is 14.6. The Bertz CT molecular complexity index is 837. The van der Waals surface area contributed by atoms with E-state index in [1.54, 1.807) is 0 Å². The van der Waals surface area contributed by atoms with Gasteiger partial charge in [-0.1, -0.05) is 0 Å². The molecule has 0 amide bonds. The second-order valence-electron chi connectivity index (χ2n) is 5.29. The predicted molar refractivity (Wildman–Crippen MR) is 91.7 cm³/mol. The average molecular weight is 372 g/mol. The lowest BCUT2D eigenvalue weighted by molar-refractivity contribution is -0.140. The third-order valence-corrected chi connectivity index (χ3v) is 3.37. The first-order valence-electron chi connectivity index (χ1n) is 7.82. The monoisotopic (exact) mass is 372 g/mol. The molecule has 0 bridgehead atoms. The molecule has 2 aromatic carbocycles. The molecule has 1 N–H and O–H groups in total. The van der Waals surface area contributed by atoms with Crippen LogP contribution in [-0.4, -0.2) is 36.1 Å². The van der Waals surface area contributed by atoms with Crippen molar-refractivity contribution < 1.29 is 38.5 Å². The van der Waals surface area contributed by atoms with Gasteiger partial charge >= 0.3 is 23.9 Å². The zero-order valence-corrected chi connectivity index (χ0v) is 14.3. The number of hydrogen-bond donors (Lipinski definition) is 1. The fourth-order valence-electron chi connectivity index (χ4n) is 2.01. The topological polar surface area (TPSA) is 116 Å². The van der Waals surface area contributed by atoms with Gasteiger partial charge in [-0.2, -0.15) is 0 Å². The van der Waals surface area contributed by atoms with Crippen LogP contribution < -0.4 is 9.47 Å².